The van der Waals surface area contributed by atoms with Crippen molar-refractivity contribution in [3.8, 4) is 11.8 Å². The summed E-state index contributed by atoms with van der Waals surface area (Å²) in [4.78, 5) is 45.0. The van der Waals surface area contributed by atoms with Gasteiger partial charge in [-0.15, -0.1) is 5.92 Å². The van der Waals surface area contributed by atoms with Gasteiger partial charge in [-0.05, 0) is 61.7 Å². The van der Waals surface area contributed by atoms with Gasteiger partial charge in [0.1, 0.15) is 0 Å². The molecule has 11 heteroatoms. The molecular weight excluding hydrogens is 535 g/mol. The van der Waals surface area contributed by atoms with Crippen molar-refractivity contribution in [3.05, 3.63) is 86.3 Å². The van der Waals surface area contributed by atoms with Crippen LogP contribution in [0.3, 0.4) is 0 Å². The van der Waals surface area contributed by atoms with Gasteiger partial charge in [0.15, 0.2) is 0 Å². The maximum Gasteiger partial charge on any atom is 0.416 e. The van der Waals surface area contributed by atoms with Crippen molar-refractivity contribution in [2.75, 3.05) is 17.2 Å². The Hall–Kier alpha value is -4.59. The first-order valence-corrected chi connectivity index (χ1v) is 13.2. The number of nitrogens with zero attached hydrogens (tertiary/aromatic N) is 3. The number of benzene rings is 2. The number of aryl methyl sites for hydroxylation is 1. The summed E-state index contributed by atoms with van der Waals surface area (Å²) in [5, 5.41) is 5.98. The third-order valence-corrected chi connectivity index (χ3v) is 7.35. The first-order valence-electron chi connectivity index (χ1n) is 13.2. The van der Waals surface area contributed by atoms with Crippen LogP contribution in [0.2, 0.25) is 0 Å². The molecule has 1 atom stereocenters. The maximum atomic E-state index is 13.7. The van der Waals surface area contributed by atoms with Crippen LogP contribution in [0.15, 0.2) is 47.3 Å². The Morgan fingerprint density at radius 3 is 2.59 bits per heavy atom. The third kappa shape index (κ3) is 5.82. The van der Waals surface area contributed by atoms with Crippen LogP contribution in [-0.4, -0.2) is 32.8 Å². The Balaban J connectivity index is 1.40. The quantitative estimate of drug-likeness (QED) is 0.445. The van der Waals surface area contributed by atoms with E-state index in [9.17, 15) is 27.6 Å². The normalized spacial score (nSPS) is 15.1. The molecule has 2 amide bonds. The largest absolute Gasteiger partial charge is 0.416 e. The van der Waals surface area contributed by atoms with E-state index in [1.54, 1.807) is 36.9 Å². The number of rotatable bonds is 5. The molecule has 0 radical (unpaired) electrons. The zero-order valence-corrected chi connectivity index (χ0v) is 22.6. The van der Waals surface area contributed by atoms with Crippen LogP contribution >= 0.6 is 0 Å². The van der Waals surface area contributed by atoms with Crippen molar-refractivity contribution >= 4 is 23.5 Å². The van der Waals surface area contributed by atoms with Crippen molar-refractivity contribution in [2.24, 2.45) is 0 Å². The highest BCUT2D eigenvalue weighted by Crippen LogP contribution is 2.31. The molecule has 0 aliphatic carbocycles. The molecule has 2 N–H and O–H groups in total. The van der Waals surface area contributed by atoms with Crippen molar-refractivity contribution < 1.29 is 22.8 Å². The van der Waals surface area contributed by atoms with Gasteiger partial charge in [-0.25, -0.2) is 4.98 Å². The van der Waals surface area contributed by atoms with Gasteiger partial charge in [-0.3, -0.25) is 19.0 Å². The van der Waals surface area contributed by atoms with E-state index in [0.717, 1.165) is 17.7 Å². The summed E-state index contributed by atoms with van der Waals surface area (Å²) in [6.07, 6.45) is -3.15. The fraction of sp³-hybridized carbons (Fsp3) is 0.333. The maximum absolute atomic E-state index is 13.7. The van der Waals surface area contributed by atoms with Crippen LogP contribution < -0.4 is 16.2 Å². The summed E-state index contributed by atoms with van der Waals surface area (Å²) >= 11 is 0. The summed E-state index contributed by atoms with van der Waals surface area (Å²) < 4.78 is 40.3. The van der Waals surface area contributed by atoms with Crippen molar-refractivity contribution in [2.45, 2.75) is 58.4 Å². The van der Waals surface area contributed by atoms with E-state index in [4.69, 9.17) is 4.98 Å². The second-order valence-corrected chi connectivity index (χ2v) is 10.1. The molecule has 3 aromatic rings. The highest BCUT2D eigenvalue weighted by Gasteiger charge is 2.31. The highest BCUT2D eigenvalue weighted by atomic mass is 19.4. The third-order valence-electron chi connectivity index (χ3n) is 7.35. The van der Waals surface area contributed by atoms with Crippen LogP contribution in [0.1, 0.15) is 64.6 Å². The number of fused-ring (bicyclic) bond motifs is 2. The number of alkyl halides is 3. The molecule has 41 heavy (non-hydrogen) atoms. The van der Waals surface area contributed by atoms with Gasteiger partial charge in [0.05, 0.1) is 36.0 Å². The summed E-state index contributed by atoms with van der Waals surface area (Å²) in [5.41, 5.74) is 2.58. The molecule has 0 spiro atoms. The minimum absolute atomic E-state index is 0.0524. The number of carbonyl (C=O) groups is 2. The molecule has 0 fully saturated rings. The first-order chi connectivity index (χ1) is 19.5. The molecule has 1 aromatic heterocycles. The van der Waals surface area contributed by atoms with Crippen molar-refractivity contribution in [1.82, 2.24) is 14.5 Å². The minimum atomic E-state index is -4.43. The highest BCUT2D eigenvalue weighted by molar-refractivity contribution is 5.98. The predicted molar refractivity (Wildman–Crippen MR) is 147 cm³/mol. The lowest BCUT2D eigenvalue weighted by molar-refractivity contribution is -0.137. The number of hydrogen-bond acceptors (Lipinski definition) is 5. The van der Waals surface area contributed by atoms with Gasteiger partial charge in [-0.2, -0.15) is 13.2 Å². The van der Waals surface area contributed by atoms with Crippen LogP contribution in [0.5, 0.6) is 0 Å². The van der Waals surface area contributed by atoms with Gasteiger partial charge >= 0.3 is 6.18 Å². The number of nitrogens with one attached hydrogen (secondary N) is 2. The Kier molecular flexibility index (Phi) is 7.58. The number of hydrogen-bond donors (Lipinski definition) is 2. The molecule has 2 aliphatic heterocycles. The van der Waals surface area contributed by atoms with Gasteiger partial charge < -0.3 is 15.5 Å². The van der Waals surface area contributed by atoms with Crippen molar-refractivity contribution in [1.29, 1.82) is 0 Å². The lowest BCUT2D eigenvalue weighted by Gasteiger charge is -2.30. The number of halogens is 3. The Morgan fingerprint density at radius 1 is 1.12 bits per heavy atom. The molecule has 3 heterocycles. The molecule has 0 saturated carbocycles. The van der Waals surface area contributed by atoms with Gasteiger partial charge in [-0.1, -0.05) is 18.1 Å². The summed E-state index contributed by atoms with van der Waals surface area (Å²) in [6.45, 7) is 3.93. The Bertz CT molecular complexity index is 1630. The zero-order valence-electron chi connectivity index (χ0n) is 22.6. The lowest BCUT2D eigenvalue weighted by atomic mass is 9.99. The molecule has 2 aliphatic rings. The number of amides is 2. The molecule has 0 bridgehead atoms. The van der Waals surface area contributed by atoms with Crippen LogP contribution in [-0.2, 0) is 36.9 Å². The average molecular weight is 564 g/mol. The van der Waals surface area contributed by atoms with Gasteiger partial charge in [0.2, 0.25) is 11.9 Å². The smallest absolute Gasteiger partial charge is 0.349 e. The van der Waals surface area contributed by atoms with E-state index in [1.807, 2.05) is 0 Å². The van der Waals surface area contributed by atoms with Crippen LogP contribution in [0, 0.1) is 11.8 Å². The first kappa shape index (κ1) is 28.0. The standard InChI is InChI=1S/C30H28F3N5O3/c1-3-4-14-38-28(41)23-17-37(27(40)21-7-11-24-20(16-21)8-12-26(39)35-24)15-13-25(23)36-29(38)34-18(2)19-5-9-22(10-6-19)30(31,32)33/h5-7,9-11,16,18H,8,12-15,17H2,1-2H3,(H,34,36)(H,35,39)/t18-/m0/s1. The van der Waals surface area contributed by atoms with Gasteiger partial charge in [0, 0.05) is 30.6 Å². The second kappa shape index (κ2) is 11.1. The molecule has 8 nitrogen and oxygen atoms in total. The summed E-state index contributed by atoms with van der Waals surface area (Å²) in [7, 11) is 0. The monoisotopic (exact) mass is 563 g/mol. The minimum Gasteiger partial charge on any atom is -0.349 e. The molecule has 212 valence electrons. The van der Waals surface area contributed by atoms with Gasteiger partial charge in [0.25, 0.3) is 11.5 Å². The molecule has 0 unspecified atom stereocenters. The Morgan fingerprint density at radius 2 is 1.88 bits per heavy atom. The van der Waals surface area contributed by atoms with E-state index in [0.29, 0.717) is 53.9 Å². The number of aromatic nitrogens is 2. The van der Waals surface area contributed by atoms with E-state index in [1.165, 1.54) is 16.7 Å². The Labute approximate surface area is 234 Å². The summed E-state index contributed by atoms with van der Waals surface area (Å²) in [5.74, 6) is 5.65. The molecule has 5 rings (SSSR count). The van der Waals surface area contributed by atoms with E-state index >= 15 is 0 Å². The number of carbonyl (C=O) groups excluding carboxylic acids is 2. The van der Waals surface area contributed by atoms with Crippen LogP contribution in [0.25, 0.3) is 0 Å². The summed E-state index contributed by atoms with van der Waals surface area (Å²) in [6, 6.07) is 9.57. The SMILES string of the molecule is CC#CCn1c(N[C@@H](C)c2ccc(C(F)(F)F)cc2)nc2c(c1=O)CN(C(=O)c1ccc3c(c1)CCC(=O)N3)CC2. The predicted octanol–water partition coefficient (Wildman–Crippen LogP) is 4.54. The molecular formula is C30H28F3N5O3. The average Bonchev–Trinajstić information content (AvgIpc) is 2.96. The molecule has 0 saturated heterocycles. The fourth-order valence-corrected chi connectivity index (χ4v) is 5.04. The number of anilines is 2. The second-order valence-electron chi connectivity index (χ2n) is 10.1. The van der Waals surface area contributed by atoms with E-state index in [-0.39, 0.29) is 36.4 Å². The lowest BCUT2D eigenvalue weighted by Crippen LogP contribution is -2.41. The van der Waals surface area contributed by atoms with Crippen molar-refractivity contribution in [3.63, 3.8) is 0 Å². The topological polar surface area (TPSA) is 96.3 Å². The van der Waals surface area contributed by atoms with E-state index < -0.39 is 17.8 Å². The van der Waals surface area contributed by atoms with E-state index in [2.05, 4.69) is 22.5 Å². The molecule has 2 aromatic carbocycles. The van der Waals surface area contributed by atoms with Crippen LogP contribution in [0.4, 0.5) is 24.8 Å². The fourth-order valence-electron chi connectivity index (χ4n) is 5.04. The zero-order chi connectivity index (χ0) is 29.3.